The molecule has 200 valence electrons. The maximum absolute atomic E-state index is 13.2. The Labute approximate surface area is 233 Å². The molecule has 5 rings (SSSR count). The average molecular weight is 555 g/mol. The van der Waals surface area contributed by atoms with Gasteiger partial charge in [0.1, 0.15) is 0 Å². The van der Waals surface area contributed by atoms with E-state index < -0.39 is 0 Å². The summed E-state index contributed by atoms with van der Waals surface area (Å²) in [6.07, 6.45) is 5.46. The lowest BCUT2D eigenvalue weighted by molar-refractivity contribution is -0.143. The molecular weight excluding hydrogens is 521 g/mol. The van der Waals surface area contributed by atoms with E-state index in [0.29, 0.717) is 34.2 Å². The summed E-state index contributed by atoms with van der Waals surface area (Å²) in [7, 11) is 0. The third-order valence-electron chi connectivity index (χ3n) is 8.01. The summed E-state index contributed by atoms with van der Waals surface area (Å²) in [4.78, 5) is 33.8. The van der Waals surface area contributed by atoms with Gasteiger partial charge in [0, 0.05) is 50.1 Å². The first-order chi connectivity index (χ1) is 18.4. The summed E-state index contributed by atoms with van der Waals surface area (Å²) in [5.41, 5.74) is 2.70. The van der Waals surface area contributed by atoms with E-state index in [9.17, 15) is 9.59 Å². The van der Waals surface area contributed by atoms with E-state index in [1.165, 1.54) is 6.92 Å². The van der Waals surface area contributed by atoms with Crippen molar-refractivity contribution in [2.24, 2.45) is 11.8 Å². The van der Waals surface area contributed by atoms with E-state index >= 15 is 0 Å². The Kier molecular flexibility index (Phi) is 8.51. The molecule has 3 aromatic rings. The lowest BCUT2D eigenvalue weighted by Gasteiger charge is -2.45. The number of piperidine rings is 2. The molecule has 0 bridgehead atoms. The van der Waals surface area contributed by atoms with E-state index in [1.807, 2.05) is 53.4 Å². The normalized spacial score (nSPS) is 21.0. The molecule has 0 unspecified atom stereocenters. The minimum Gasteiger partial charge on any atom is -0.466 e. The number of carbonyl (C=O) groups is 2. The minimum atomic E-state index is -0.245. The lowest BCUT2D eigenvalue weighted by Crippen LogP contribution is -2.52. The van der Waals surface area contributed by atoms with Crippen LogP contribution in [0.15, 0.2) is 54.7 Å². The number of pyridine rings is 1. The van der Waals surface area contributed by atoms with Crippen LogP contribution in [0.3, 0.4) is 0 Å². The number of rotatable bonds is 6. The molecule has 6 nitrogen and oxygen atoms in total. The monoisotopic (exact) mass is 553 g/mol. The number of para-hydroxylation sites is 1. The molecule has 2 aliphatic heterocycles. The van der Waals surface area contributed by atoms with Crippen molar-refractivity contribution < 1.29 is 14.3 Å². The van der Waals surface area contributed by atoms with Gasteiger partial charge in [-0.2, -0.15) is 0 Å². The third kappa shape index (κ3) is 6.31. The molecule has 2 fully saturated rings. The van der Waals surface area contributed by atoms with Gasteiger partial charge in [-0.25, -0.2) is 0 Å². The van der Waals surface area contributed by atoms with Crippen LogP contribution in [-0.4, -0.2) is 65.5 Å². The highest BCUT2D eigenvalue weighted by Gasteiger charge is 2.35. The minimum absolute atomic E-state index is 0.0507. The van der Waals surface area contributed by atoms with E-state index in [1.54, 1.807) is 6.20 Å². The fourth-order valence-electron chi connectivity index (χ4n) is 5.90. The first-order valence-corrected chi connectivity index (χ1v) is 14.1. The number of hydrogen-bond acceptors (Lipinski definition) is 5. The van der Waals surface area contributed by atoms with Gasteiger partial charge in [0.25, 0.3) is 5.91 Å². The molecule has 0 radical (unpaired) electrons. The number of hydrogen-bond donors (Lipinski definition) is 0. The van der Waals surface area contributed by atoms with Crippen molar-refractivity contribution >= 4 is 46.0 Å². The Morgan fingerprint density at radius 3 is 2.53 bits per heavy atom. The quantitative estimate of drug-likeness (QED) is 0.356. The number of aromatic nitrogens is 1. The maximum atomic E-state index is 13.2. The molecule has 2 aliphatic rings. The molecule has 3 heterocycles. The largest absolute Gasteiger partial charge is 0.466 e. The zero-order valence-corrected chi connectivity index (χ0v) is 23.1. The molecule has 2 aromatic carbocycles. The Morgan fingerprint density at radius 2 is 1.76 bits per heavy atom. The van der Waals surface area contributed by atoms with Gasteiger partial charge < -0.3 is 9.64 Å². The summed E-state index contributed by atoms with van der Waals surface area (Å²) < 4.78 is 5.48. The molecule has 0 N–H and O–H groups in total. The Bertz CT molecular complexity index is 1310. The molecule has 8 heteroatoms. The van der Waals surface area contributed by atoms with Crippen molar-refractivity contribution in [1.29, 1.82) is 0 Å². The van der Waals surface area contributed by atoms with Crippen LogP contribution in [0.1, 0.15) is 42.1 Å². The summed E-state index contributed by atoms with van der Waals surface area (Å²) in [5, 5.41) is 2.11. The Hall–Kier alpha value is -2.67. The first-order valence-electron chi connectivity index (χ1n) is 13.3. The van der Waals surface area contributed by atoms with Crippen molar-refractivity contribution in [3.05, 3.63) is 75.9 Å². The fraction of sp³-hybridized carbons (Fsp3) is 0.433. The molecule has 2 saturated heterocycles. The van der Waals surface area contributed by atoms with Crippen LogP contribution < -0.4 is 0 Å². The Balaban J connectivity index is 1.20. The topological polar surface area (TPSA) is 62.7 Å². The van der Waals surface area contributed by atoms with Crippen LogP contribution in [0, 0.1) is 11.8 Å². The Morgan fingerprint density at radius 1 is 0.974 bits per heavy atom. The number of nitrogens with zero attached hydrogens (tertiary/aromatic N) is 3. The van der Waals surface area contributed by atoms with Crippen LogP contribution in [0.2, 0.25) is 10.0 Å². The molecule has 0 spiro atoms. The number of ether oxygens (including phenoxy) is 1. The van der Waals surface area contributed by atoms with Gasteiger partial charge >= 0.3 is 5.97 Å². The van der Waals surface area contributed by atoms with E-state index in [-0.39, 0.29) is 17.8 Å². The maximum Gasteiger partial charge on any atom is 0.302 e. The van der Waals surface area contributed by atoms with Crippen LogP contribution >= 0.6 is 23.2 Å². The van der Waals surface area contributed by atoms with E-state index in [0.717, 1.165) is 68.3 Å². The number of esters is 1. The van der Waals surface area contributed by atoms with Crippen molar-refractivity contribution in [3.8, 4) is 0 Å². The smallest absolute Gasteiger partial charge is 0.302 e. The van der Waals surface area contributed by atoms with Gasteiger partial charge in [-0.3, -0.25) is 19.5 Å². The highest BCUT2D eigenvalue weighted by Crippen LogP contribution is 2.32. The van der Waals surface area contributed by atoms with Gasteiger partial charge in [-0.05, 0) is 68.0 Å². The summed E-state index contributed by atoms with van der Waals surface area (Å²) in [6.45, 7) is 5.22. The zero-order valence-electron chi connectivity index (χ0n) is 21.6. The van der Waals surface area contributed by atoms with Crippen LogP contribution in [0.25, 0.3) is 10.9 Å². The summed E-state index contributed by atoms with van der Waals surface area (Å²) >= 11 is 12.4. The highest BCUT2D eigenvalue weighted by atomic mass is 35.5. The number of benzene rings is 2. The molecule has 1 amide bonds. The fourth-order valence-corrected chi connectivity index (χ4v) is 6.22. The molecular formula is C30H33Cl2N3O3. The number of fused-ring (bicyclic) bond motifs is 1. The zero-order chi connectivity index (χ0) is 26.6. The van der Waals surface area contributed by atoms with Gasteiger partial charge in [0.05, 0.1) is 27.7 Å². The van der Waals surface area contributed by atoms with E-state index in [4.69, 9.17) is 27.9 Å². The second-order valence-corrected chi connectivity index (χ2v) is 11.3. The average Bonchev–Trinajstić information content (AvgIpc) is 2.94. The second kappa shape index (κ2) is 12.0. The summed E-state index contributed by atoms with van der Waals surface area (Å²) in [5.74, 6) is 0.440. The van der Waals surface area contributed by atoms with Gasteiger partial charge in [0.2, 0.25) is 0 Å². The molecule has 1 aromatic heterocycles. The predicted octanol–water partition coefficient (Wildman–Crippen LogP) is 5.89. The van der Waals surface area contributed by atoms with Crippen molar-refractivity contribution in [2.75, 3.05) is 32.8 Å². The SMILES string of the molecule is CC(=O)OC[C@@H]1CN(C2CCN(C(=O)c3cnc4ccccc4c3)CC2)CC[C@@H]1Cc1ccc(Cl)c(Cl)c1. The number of likely N-dealkylation sites (tertiary alicyclic amines) is 2. The predicted molar refractivity (Wildman–Crippen MR) is 151 cm³/mol. The molecule has 0 saturated carbocycles. The van der Waals surface area contributed by atoms with Crippen LogP contribution in [0.5, 0.6) is 0 Å². The van der Waals surface area contributed by atoms with E-state index in [2.05, 4.69) is 9.88 Å². The summed E-state index contributed by atoms with van der Waals surface area (Å²) in [6, 6.07) is 16.0. The van der Waals surface area contributed by atoms with Crippen LogP contribution in [-0.2, 0) is 16.0 Å². The first kappa shape index (κ1) is 26.9. The lowest BCUT2D eigenvalue weighted by atomic mass is 9.80. The second-order valence-electron chi connectivity index (χ2n) is 10.5. The van der Waals surface area contributed by atoms with Gasteiger partial charge in [-0.15, -0.1) is 0 Å². The van der Waals surface area contributed by atoms with Crippen molar-refractivity contribution in [2.45, 2.75) is 38.6 Å². The number of amides is 1. The van der Waals surface area contributed by atoms with Gasteiger partial charge in [0.15, 0.2) is 0 Å². The van der Waals surface area contributed by atoms with Crippen LogP contribution in [0.4, 0.5) is 0 Å². The van der Waals surface area contributed by atoms with Crippen molar-refractivity contribution in [1.82, 2.24) is 14.8 Å². The van der Waals surface area contributed by atoms with Gasteiger partial charge in [-0.1, -0.05) is 47.5 Å². The molecule has 0 aliphatic carbocycles. The molecule has 2 atom stereocenters. The molecule has 38 heavy (non-hydrogen) atoms. The third-order valence-corrected chi connectivity index (χ3v) is 8.75. The number of halogens is 2. The number of carbonyl (C=O) groups excluding carboxylic acids is 2. The highest BCUT2D eigenvalue weighted by molar-refractivity contribution is 6.42. The standard InChI is InChI=1S/C30H33Cl2N3O3/c1-20(36)38-19-25-18-35(11-8-22(25)14-21-6-7-27(31)28(32)15-21)26-9-12-34(13-10-26)30(37)24-16-23-4-2-3-5-29(23)33-17-24/h2-7,15-17,22,25-26H,8-14,18-19H2,1H3/t22-,25+/m1/s1. The van der Waals surface area contributed by atoms with Crippen molar-refractivity contribution in [3.63, 3.8) is 0 Å².